The van der Waals surface area contributed by atoms with Gasteiger partial charge in [0.1, 0.15) is 0 Å². The minimum Gasteiger partial charge on any atom is -0.352 e. The van der Waals surface area contributed by atoms with Gasteiger partial charge in [-0.25, -0.2) is 4.98 Å². The van der Waals surface area contributed by atoms with Crippen molar-refractivity contribution < 1.29 is 4.79 Å². The maximum atomic E-state index is 12.9. The number of hydrogen-bond donors (Lipinski definition) is 2. The standard InChI is InChI=1S/C19H21N5O/c1-12-17-15(19(25)21-11-13-9-20-10-13)8-16(14-6-4-3-5-7-14)22-18(17)24(2)23-12/h3-8,13,20H,9-11H2,1-2H3,(H,21,25). The third-order valence-electron chi connectivity index (χ3n) is 4.70. The van der Waals surface area contributed by atoms with E-state index in [0.717, 1.165) is 41.1 Å². The zero-order valence-corrected chi connectivity index (χ0v) is 14.4. The Morgan fingerprint density at radius 3 is 2.76 bits per heavy atom. The highest BCUT2D eigenvalue weighted by molar-refractivity contribution is 6.07. The van der Waals surface area contributed by atoms with Gasteiger partial charge in [-0.2, -0.15) is 5.10 Å². The summed E-state index contributed by atoms with van der Waals surface area (Å²) >= 11 is 0. The molecular formula is C19H21N5O. The molecule has 2 N–H and O–H groups in total. The SMILES string of the molecule is Cc1nn(C)c2nc(-c3ccccc3)cc(C(=O)NCC3CNC3)c12. The number of carbonyl (C=O) groups excluding carboxylic acids is 1. The van der Waals surface area contributed by atoms with Gasteiger partial charge in [-0.3, -0.25) is 9.48 Å². The minimum absolute atomic E-state index is 0.0624. The summed E-state index contributed by atoms with van der Waals surface area (Å²) in [6, 6.07) is 11.8. The van der Waals surface area contributed by atoms with Crippen molar-refractivity contribution in [2.24, 2.45) is 13.0 Å². The van der Waals surface area contributed by atoms with Gasteiger partial charge in [-0.15, -0.1) is 0 Å². The summed E-state index contributed by atoms with van der Waals surface area (Å²) in [6.07, 6.45) is 0. The average molecular weight is 335 g/mol. The number of pyridine rings is 1. The van der Waals surface area contributed by atoms with Crippen molar-refractivity contribution in [1.29, 1.82) is 0 Å². The van der Waals surface area contributed by atoms with Crippen LogP contribution in [0.2, 0.25) is 0 Å². The van der Waals surface area contributed by atoms with Gasteiger partial charge in [0.2, 0.25) is 0 Å². The largest absolute Gasteiger partial charge is 0.352 e. The van der Waals surface area contributed by atoms with Crippen molar-refractivity contribution in [3.8, 4) is 11.3 Å². The van der Waals surface area contributed by atoms with Gasteiger partial charge < -0.3 is 10.6 Å². The fraction of sp³-hybridized carbons (Fsp3) is 0.316. The first-order chi connectivity index (χ1) is 12.1. The van der Waals surface area contributed by atoms with E-state index in [-0.39, 0.29) is 5.91 Å². The number of nitrogens with one attached hydrogen (secondary N) is 2. The fourth-order valence-corrected chi connectivity index (χ4v) is 3.21. The molecule has 2 aromatic heterocycles. The molecule has 0 aliphatic carbocycles. The van der Waals surface area contributed by atoms with E-state index in [1.54, 1.807) is 4.68 Å². The molecule has 0 spiro atoms. The predicted octanol–water partition coefficient (Wildman–Crippen LogP) is 1.89. The third kappa shape index (κ3) is 2.89. The van der Waals surface area contributed by atoms with E-state index in [0.29, 0.717) is 18.0 Å². The molecule has 1 saturated heterocycles. The van der Waals surface area contributed by atoms with Crippen LogP contribution in [-0.4, -0.2) is 40.3 Å². The van der Waals surface area contributed by atoms with Gasteiger partial charge in [-0.05, 0) is 13.0 Å². The number of aryl methyl sites for hydroxylation is 2. The quantitative estimate of drug-likeness (QED) is 0.764. The summed E-state index contributed by atoms with van der Waals surface area (Å²) in [5, 5.41) is 11.6. The lowest BCUT2D eigenvalue weighted by molar-refractivity contribution is 0.0944. The average Bonchev–Trinajstić information content (AvgIpc) is 2.88. The molecular weight excluding hydrogens is 314 g/mol. The lowest BCUT2D eigenvalue weighted by atomic mass is 10.0. The zero-order chi connectivity index (χ0) is 17.4. The zero-order valence-electron chi connectivity index (χ0n) is 14.4. The van der Waals surface area contributed by atoms with E-state index in [9.17, 15) is 4.79 Å². The molecule has 0 atom stereocenters. The van der Waals surface area contributed by atoms with E-state index in [2.05, 4.69) is 15.7 Å². The molecule has 0 radical (unpaired) electrons. The summed E-state index contributed by atoms with van der Waals surface area (Å²) < 4.78 is 1.74. The number of benzene rings is 1. The number of amides is 1. The van der Waals surface area contributed by atoms with Crippen molar-refractivity contribution in [3.05, 3.63) is 47.7 Å². The smallest absolute Gasteiger partial charge is 0.252 e. The van der Waals surface area contributed by atoms with E-state index in [1.807, 2.05) is 50.4 Å². The van der Waals surface area contributed by atoms with Crippen LogP contribution in [-0.2, 0) is 7.05 Å². The molecule has 0 bridgehead atoms. The van der Waals surface area contributed by atoms with Crippen molar-refractivity contribution >= 4 is 16.9 Å². The number of fused-ring (bicyclic) bond motifs is 1. The van der Waals surface area contributed by atoms with Crippen LogP contribution in [0, 0.1) is 12.8 Å². The Bertz CT molecular complexity index is 928. The third-order valence-corrected chi connectivity index (χ3v) is 4.70. The van der Waals surface area contributed by atoms with E-state index < -0.39 is 0 Å². The topological polar surface area (TPSA) is 71.8 Å². The normalized spacial score (nSPS) is 14.5. The number of carbonyl (C=O) groups is 1. The summed E-state index contributed by atoms with van der Waals surface area (Å²) in [4.78, 5) is 17.6. The highest BCUT2D eigenvalue weighted by atomic mass is 16.1. The summed E-state index contributed by atoms with van der Waals surface area (Å²) in [7, 11) is 1.86. The molecule has 4 rings (SSSR count). The molecule has 0 saturated carbocycles. The predicted molar refractivity (Wildman–Crippen MR) is 97.4 cm³/mol. The maximum Gasteiger partial charge on any atom is 0.252 e. The van der Waals surface area contributed by atoms with Gasteiger partial charge in [0.25, 0.3) is 5.91 Å². The van der Waals surface area contributed by atoms with Crippen molar-refractivity contribution in [1.82, 2.24) is 25.4 Å². The van der Waals surface area contributed by atoms with Crippen LogP contribution in [0.4, 0.5) is 0 Å². The Balaban J connectivity index is 1.78. The second kappa shape index (κ2) is 6.29. The van der Waals surface area contributed by atoms with Crippen molar-refractivity contribution in [2.45, 2.75) is 6.92 Å². The van der Waals surface area contributed by atoms with Crippen LogP contribution in [0.15, 0.2) is 36.4 Å². The summed E-state index contributed by atoms with van der Waals surface area (Å²) in [5.74, 6) is 0.456. The molecule has 1 fully saturated rings. The molecule has 6 heteroatoms. The van der Waals surface area contributed by atoms with Crippen molar-refractivity contribution in [2.75, 3.05) is 19.6 Å². The lowest BCUT2D eigenvalue weighted by Gasteiger charge is -2.27. The van der Waals surface area contributed by atoms with Crippen LogP contribution in [0.5, 0.6) is 0 Å². The second-order valence-electron chi connectivity index (χ2n) is 6.56. The number of hydrogen-bond acceptors (Lipinski definition) is 4. The molecule has 25 heavy (non-hydrogen) atoms. The van der Waals surface area contributed by atoms with Gasteiger partial charge in [-0.1, -0.05) is 30.3 Å². The van der Waals surface area contributed by atoms with Crippen LogP contribution < -0.4 is 10.6 Å². The highest BCUT2D eigenvalue weighted by Gasteiger charge is 2.21. The molecule has 1 amide bonds. The van der Waals surface area contributed by atoms with Crippen molar-refractivity contribution in [3.63, 3.8) is 0 Å². The van der Waals surface area contributed by atoms with E-state index >= 15 is 0 Å². The van der Waals surface area contributed by atoms with Gasteiger partial charge >= 0.3 is 0 Å². The first-order valence-corrected chi connectivity index (χ1v) is 8.52. The first kappa shape index (κ1) is 15.8. The fourth-order valence-electron chi connectivity index (χ4n) is 3.21. The second-order valence-corrected chi connectivity index (χ2v) is 6.56. The Labute approximate surface area is 146 Å². The number of rotatable bonds is 4. The van der Waals surface area contributed by atoms with Gasteiger partial charge in [0.15, 0.2) is 5.65 Å². The van der Waals surface area contributed by atoms with Crippen LogP contribution >= 0.6 is 0 Å². The molecule has 6 nitrogen and oxygen atoms in total. The Morgan fingerprint density at radius 1 is 1.32 bits per heavy atom. The van der Waals surface area contributed by atoms with Crippen LogP contribution in [0.3, 0.4) is 0 Å². The van der Waals surface area contributed by atoms with E-state index in [1.165, 1.54) is 0 Å². The molecule has 3 aromatic rings. The monoisotopic (exact) mass is 335 g/mol. The highest BCUT2D eigenvalue weighted by Crippen LogP contribution is 2.26. The van der Waals surface area contributed by atoms with Crippen LogP contribution in [0.25, 0.3) is 22.3 Å². The van der Waals surface area contributed by atoms with E-state index in [4.69, 9.17) is 4.98 Å². The molecule has 1 aliphatic rings. The molecule has 1 aromatic carbocycles. The maximum absolute atomic E-state index is 12.9. The number of aromatic nitrogens is 3. The Morgan fingerprint density at radius 2 is 2.08 bits per heavy atom. The molecule has 0 unspecified atom stereocenters. The van der Waals surface area contributed by atoms with Crippen LogP contribution in [0.1, 0.15) is 16.1 Å². The lowest BCUT2D eigenvalue weighted by Crippen LogP contribution is -2.48. The Kier molecular flexibility index (Phi) is 3.97. The number of nitrogens with zero attached hydrogens (tertiary/aromatic N) is 3. The van der Waals surface area contributed by atoms with Gasteiger partial charge in [0, 0.05) is 38.2 Å². The summed E-state index contributed by atoms with van der Waals surface area (Å²) in [5.41, 5.74) is 3.96. The first-order valence-electron chi connectivity index (χ1n) is 8.52. The Hall–Kier alpha value is -2.73. The molecule has 3 heterocycles. The molecule has 1 aliphatic heterocycles. The van der Waals surface area contributed by atoms with Gasteiger partial charge in [0.05, 0.1) is 22.3 Å². The minimum atomic E-state index is -0.0624. The summed E-state index contributed by atoms with van der Waals surface area (Å²) in [6.45, 7) is 4.54. The molecule has 128 valence electrons.